The summed E-state index contributed by atoms with van der Waals surface area (Å²) in [6.07, 6.45) is 11.3. The predicted octanol–water partition coefficient (Wildman–Crippen LogP) is 9.31. The van der Waals surface area contributed by atoms with Gasteiger partial charge in [0.15, 0.2) is 0 Å². The van der Waals surface area contributed by atoms with Crippen molar-refractivity contribution in [1.82, 2.24) is 0 Å². The maximum atomic E-state index is 11.3. The van der Waals surface area contributed by atoms with Crippen LogP contribution in [0, 0.1) is 24.2 Å². The van der Waals surface area contributed by atoms with E-state index in [-0.39, 0.29) is 12.2 Å². The van der Waals surface area contributed by atoms with Crippen molar-refractivity contribution in [1.29, 1.82) is 5.26 Å². The molecule has 2 aromatic carbocycles. The lowest BCUT2D eigenvalue weighted by Gasteiger charge is -2.18. The van der Waals surface area contributed by atoms with Crippen molar-refractivity contribution in [2.24, 2.45) is 10.9 Å². The lowest BCUT2D eigenvalue weighted by molar-refractivity contribution is -0.121. The van der Waals surface area contributed by atoms with Crippen LogP contribution in [0.4, 0.5) is 5.69 Å². The van der Waals surface area contributed by atoms with E-state index >= 15 is 0 Å². The molecule has 206 valence electrons. The summed E-state index contributed by atoms with van der Waals surface area (Å²) in [5, 5.41) is 19.1. The zero-order valence-corrected chi connectivity index (χ0v) is 24.3. The minimum absolute atomic E-state index is 0.129. The topological polar surface area (TPSA) is 73.4 Å². The molecular weight excluding hydrogens is 468 g/mol. The molecule has 2 saturated carbocycles. The summed E-state index contributed by atoms with van der Waals surface area (Å²) in [4.78, 5) is 16.0. The Balaban J connectivity index is 0.000000232. The molecule has 1 N–H and O–H groups in total. The van der Waals surface area contributed by atoms with Crippen molar-refractivity contribution in [3.05, 3.63) is 64.7 Å². The van der Waals surface area contributed by atoms with Crippen LogP contribution in [0.25, 0.3) is 0 Å². The molecule has 2 aliphatic rings. The van der Waals surface area contributed by atoms with E-state index in [1.54, 1.807) is 0 Å². The zero-order chi connectivity index (χ0) is 27.9. The smallest absolute Gasteiger partial charge is 0.135 e. The van der Waals surface area contributed by atoms with Crippen LogP contribution < -0.4 is 0 Å². The number of hydrogen-bond donors (Lipinski definition) is 1. The molecule has 0 spiro atoms. The van der Waals surface area contributed by atoms with Gasteiger partial charge in [-0.05, 0) is 80.5 Å². The first-order valence-electron chi connectivity index (χ1n) is 14.6. The highest BCUT2D eigenvalue weighted by Gasteiger charge is 2.27. The van der Waals surface area contributed by atoms with Crippen LogP contribution in [-0.2, 0) is 4.79 Å². The van der Waals surface area contributed by atoms with Crippen molar-refractivity contribution >= 4 is 17.2 Å². The van der Waals surface area contributed by atoms with Gasteiger partial charge in [0.1, 0.15) is 5.78 Å². The van der Waals surface area contributed by atoms with Gasteiger partial charge in [0.05, 0.1) is 23.4 Å². The van der Waals surface area contributed by atoms with Crippen LogP contribution in [0.15, 0.2) is 47.5 Å². The summed E-state index contributed by atoms with van der Waals surface area (Å²) >= 11 is 0. The van der Waals surface area contributed by atoms with Gasteiger partial charge in [-0.1, -0.05) is 82.9 Å². The zero-order valence-electron chi connectivity index (χ0n) is 24.3. The highest BCUT2D eigenvalue weighted by Crippen LogP contribution is 2.43. The fourth-order valence-corrected chi connectivity index (χ4v) is 4.42. The molecular formula is C34H48N2O2. The van der Waals surface area contributed by atoms with E-state index in [0.29, 0.717) is 12.3 Å². The molecule has 2 fully saturated rings. The lowest BCUT2D eigenvalue weighted by Crippen LogP contribution is -2.05. The van der Waals surface area contributed by atoms with E-state index in [0.717, 1.165) is 46.8 Å². The second-order valence-corrected chi connectivity index (χ2v) is 11.0. The Kier molecular flexibility index (Phi) is 14.0. The van der Waals surface area contributed by atoms with Crippen LogP contribution >= 0.6 is 0 Å². The Morgan fingerprint density at radius 1 is 1.05 bits per heavy atom. The normalized spacial score (nSPS) is 15.7. The van der Waals surface area contributed by atoms with Crippen molar-refractivity contribution < 1.29 is 9.90 Å². The predicted molar refractivity (Wildman–Crippen MR) is 159 cm³/mol. The molecule has 1 unspecified atom stereocenters. The Morgan fingerprint density at radius 2 is 1.71 bits per heavy atom. The summed E-state index contributed by atoms with van der Waals surface area (Å²) < 4.78 is 0. The number of nitriles is 1. The Labute approximate surface area is 231 Å². The molecule has 4 nitrogen and oxygen atoms in total. The van der Waals surface area contributed by atoms with Gasteiger partial charge in [0, 0.05) is 18.6 Å². The van der Waals surface area contributed by atoms with Gasteiger partial charge < -0.3 is 5.11 Å². The van der Waals surface area contributed by atoms with Crippen LogP contribution in [-0.4, -0.2) is 16.6 Å². The molecule has 0 aliphatic heterocycles. The van der Waals surface area contributed by atoms with Gasteiger partial charge in [-0.15, -0.1) is 0 Å². The second-order valence-electron chi connectivity index (χ2n) is 11.0. The number of rotatable bonds is 10. The van der Waals surface area contributed by atoms with Crippen LogP contribution in [0.2, 0.25) is 0 Å². The molecule has 0 heterocycles. The van der Waals surface area contributed by atoms with Gasteiger partial charge in [-0.3, -0.25) is 9.79 Å². The quantitative estimate of drug-likeness (QED) is 0.320. The summed E-state index contributed by atoms with van der Waals surface area (Å²) in [6.45, 7) is 10.6. The number of nitrogens with zero attached hydrogens (tertiary/aromatic N) is 2. The summed E-state index contributed by atoms with van der Waals surface area (Å²) in [6, 6.07) is 15.9. The van der Waals surface area contributed by atoms with E-state index in [1.165, 1.54) is 50.5 Å². The molecule has 0 amide bonds. The van der Waals surface area contributed by atoms with Crippen LogP contribution in [0.3, 0.4) is 0 Å². The molecule has 0 radical (unpaired) electrons. The summed E-state index contributed by atoms with van der Waals surface area (Å²) in [5.74, 6) is 1.81. The highest BCUT2D eigenvalue weighted by molar-refractivity contribution is 5.85. The molecule has 2 aliphatic carbocycles. The number of hydrogen-bond acceptors (Lipinski definition) is 4. The number of unbranched alkanes of at least 4 members (excludes halogenated alkanes) is 1. The first kappa shape index (κ1) is 31.4. The van der Waals surface area contributed by atoms with Crippen molar-refractivity contribution in [2.45, 2.75) is 117 Å². The van der Waals surface area contributed by atoms with Gasteiger partial charge in [0.2, 0.25) is 0 Å². The fourth-order valence-electron chi connectivity index (χ4n) is 4.42. The third kappa shape index (κ3) is 10.9. The summed E-state index contributed by atoms with van der Waals surface area (Å²) in [7, 11) is 0. The number of aliphatic hydroxyl groups is 1. The molecule has 1 atom stereocenters. The molecule has 0 aromatic heterocycles. The third-order valence-corrected chi connectivity index (χ3v) is 7.33. The fraction of sp³-hybridized carbons (Fsp3) is 0.559. The Morgan fingerprint density at radius 3 is 2.21 bits per heavy atom. The van der Waals surface area contributed by atoms with Crippen molar-refractivity contribution in [2.75, 3.05) is 0 Å². The number of aliphatic imine (C=N–C) groups is 1. The molecule has 2 aromatic rings. The maximum absolute atomic E-state index is 11.3. The standard InChI is InChI=1S/C17H22N2.C12H16O2.C5H10/c1-4-5-6-12(2)19-17-10-9-15(14-7-8-14)16(11-18)13(17)3;1-2-6-11(13)9-12(14)10-7-4-3-5-8-10;1-5-3-2-4-5/h9-10,14H,4-8H2,1-3H3;3-5,7-8,12,14H,2,6,9H2,1H3;5H,2-4H2,1H3. The van der Waals surface area contributed by atoms with E-state index in [4.69, 9.17) is 4.99 Å². The van der Waals surface area contributed by atoms with Crippen molar-refractivity contribution in [3.63, 3.8) is 0 Å². The minimum atomic E-state index is -0.643. The number of carbonyl (C=O) groups is 1. The second kappa shape index (κ2) is 16.9. The number of carbonyl (C=O) groups excluding carboxylic acids is 1. The van der Waals surface area contributed by atoms with Gasteiger partial charge in [0.25, 0.3) is 0 Å². The molecule has 0 saturated heterocycles. The van der Waals surface area contributed by atoms with Crippen LogP contribution in [0.5, 0.6) is 0 Å². The van der Waals surface area contributed by atoms with E-state index in [9.17, 15) is 15.2 Å². The highest BCUT2D eigenvalue weighted by atomic mass is 16.3. The van der Waals surface area contributed by atoms with Gasteiger partial charge in [-0.2, -0.15) is 5.26 Å². The third-order valence-electron chi connectivity index (χ3n) is 7.33. The van der Waals surface area contributed by atoms with Crippen LogP contribution in [0.1, 0.15) is 133 Å². The van der Waals surface area contributed by atoms with Gasteiger partial charge in [-0.25, -0.2) is 0 Å². The number of Topliss-reactive ketones (excluding diaryl/α,β-unsaturated/α-hetero) is 1. The molecule has 38 heavy (non-hydrogen) atoms. The number of aliphatic hydroxyl groups excluding tert-OH is 1. The summed E-state index contributed by atoms with van der Waals surface area (Å²) in [5.41, 5.74) is 6.07. The SMILES string of the molecule is CC1CCC1.CCCC(=O)CC(O)c1ccccc1.CCCCC(C)=Nc1ccc(C2CC2)c(C#N)c1C. The number of benzene rings is 2. The average molecular weight is 517 g/mol. The maximum Gasteiger partial charge on any atom is 0.135 e. The molecule has 4 rings (SSSR count). The Bertz CT molecular complexity index is 1060. The minimum Gasteiger partial charge on any atom is -0.388 e. The lowest BCUT2D eigenvalue weighted by atomic mass is 9.88. The first-order chi connectivity index (χ1) is 18.3. The Hall–Kier alpha value is -2.77. The monoisotopic (exact) mass is 516 g/mol. The largest absolute Gasteiger partial charge is 0.388 e. The number of ketones is 1. The van der Waals surface area contributed by atoms with Crippen molar-refractivity contribution in [3.8, 4) is 6.07 Å². The molecule has 4 heteroatoms. The molecule has 0 bridgehead atoms. The van der Waals surface area contributed by atoms with E-state index in [1.807, 2.05) is 44.2 Å². The van der Waals surface area contributed by atoms with E-state index < -0.39 is 6.10 Å². The van der Waals surface area contributed by atoms with E-state index in [2.05, 4.69) is 39.0 Å². The first-order valence-corrected chi connectivity index (χ1v) is 14.6. The average Bonchev–Trinajstić information content (AvgIpc) is 3.74. The van der Waals surface area contributed by atoms with Gasteiger partial charge >= 0.3 is 0 Å².